The minimum Gasteiger partial charge on any atom is -0.493 e. The van der Waals surface area contributed by atoms with Crippen molar-refractivity contribution < 1.29 is 14.3 Å². The lowest BCUT2D eigenvalue weighted by atomic mass is 9.98. The number of methoxy groups -OCH3 is 2. The number of carbonyl (C=O) groups excluding carboxylic acids is 1. The van der Waals surface area contributed by atoms with Crippen LogP contribution in [0.25, 0.3) is 6.08 Å². The third kappa shape index (κ3) is 4.03. The van der Waals surface area contributed by atoms with Crippen molar-refractivity contribution in [1.29, 1.82) is 0 Å². The first-order valence-corrected chi connectivity index (χ1v) is 8.50. The smallest absolute Gasteiger partial charge is 0.197 e. The molecule has 0 N–H and O–H groups in total. The van der Waals surface area contributed by atoms with Crippen molar-refractivity contribution in [2.24, 2.45) is 0 Å². The van der Waals surface area contributed by atoms with E-state index >= 15 is 0 Å². The quantitative estimate of drug-likeness (QED) is 0.584. The Hall–Kier alpha value is -2.14. The SMILES string of the molecule is COc1ccc(/C=C/C(=O)c2sc(C(C)(C)C)nc2C)cc1OC. The molecule has 2 aromatic rings. The summed E-state index contributed by atoms with van der Waals surface area (Å²) in [5.74, 6) is 1.26. The van der Waals surface area contributed by atoms with Crippen LogP contribution in [-0.2, 0) is 5.41 Å². The van der Waals surface area contributed by atoms with Crippen LogP contribution >= 0.6 is 11.3 Å². The van der Waals surface area contributed by atoms with E-state index in [4.69, 9.17) is 9.47 Å². The van der Waals surface area contributed by atoms with Gasteiger partial charge in [0.05, 0.1) is 29.8 Å². The van der Waals surface area contributed by atoms with Crippen molar-refractivity contribution >= 4 is 23.2 Å². The predicted molar refractivity (Wildman–Crippen MR) is 98.5 cm³/mol. The summed E-state index contributed by atoms with van der Waals surface area (Å²) in [5, 5.41) is 0.975. The molecular weight excluding hydrogens is 322 g/mol. The van der Waals surface area contributed by atoms with Crippen molar-refractivity contribution in [3.8, 4) is 11.5 Å². The molecule has 0 aliphatic carbocycles. The fourth-order valence-electron chi connectivity index (χ4n) is 2.15. The highest BCUT2D eigenvalue weighted by Crippen LogP contribution is 2.30. The van der Waals surface area contributed by atoms with Crippen LogP contribution in [0, 0.1) is 6.92 Å². The topological polar surface area (TPSA) is 48.4 Å². The normalized spacial score (nSPS) is 11.8. The number of allylic oxidation sites excluding steroid dienone is 1. The van der Waals surface area contributed by atoms with E-state index in [1.165, 1.54) is 11.3 Å². The maximum absolute atomic E-state index is 12.5. The van der Waals surface area contributed by atoms with E-state index in [1.54, 1.807) is 26.4 Å². The first-order valence-electron chi connectivity index (χ1n) is 7.68. The van der Waals surface area contributed by atoms with Crippen molar-refractivity contribution in [2.75, 3.05) is 14.2 Å². The zero-order chi connectivity index (χ0) is 17.9. The molecule has 0 bridgehead atoms. The number of nitrogens with zero attached hydrogens (tertiary/aromatic N) is 1. The molecule has 5 heteroatoms. The number of benzene rings is 1. The fraction of sp³-hybridized carbons (Fsp3) is 0.368. The summed E-state index contributed by atoms with van der Waals surface area (Å²) in [5.41, 5.74) is 1.60. The highest BCUT2D eigenvalue weighted by Gasteiger charge is 2.22. The van der Waals surface area contributed by atoms with Crippen LogP contribution in [-0.4, -0.2) is 25.0 Å². The Morgan fingerprint density at radius 3 is 2.38 bits per heavy atom. The Kier molecular flexibility index (Phi) is 5.44. The number of hydrogen-bond donors (Lipinski definition) is 0. The molecule has 24 heavy (non-hydrogen) atoms. The Morgan fingerprint density at radius 1 is 1.17 bits per heavy atom. The molecule has 0 spiro atoms. The standard InChI is InChI=1S/C19H23NO3S/c1-12-17(24-18(20-12)19(2,3)4)14(21)9-7-13-8-10-15(22-5)16(11-13)23-6/h7-11H,1-6H3/b9-7+. The molecule has 1 aromatic heterocycles. The second-order valence-electron chi connectivity index (χ2n) is 6.50. The van der Waals surface area contributed by atoms with Gasteiger partial charge < -0.3 is 9.47 Å². The third-order valence-corrected chi connectivity index (χ3v) is 5.09. The number of ether oxygens (including phenoxy) is 2. The Bertz CT molecular complexity index is 769. The second kappa shape index (κ2) is 7.18. The van der Waals surface area contributed by atoms with E-state index < -0.39 is 0 Å². The maximum Gasteiger partial charge on any atom is 0.197 e. The van der Waals surface area contributed by atoms with Crippen molar-refractivity contribution in [3.63, 3.8) is 0 Å². The third-order valence-electron chi connectivity index (χ3n) is 3.50. The Morgan fingerprint density at radius 2 is 1.83 bits per heavy atom. The lowest BCUT2D eigenvalue weighted by molar-refractivity contribution is 0.105. The van der Waals surface area contributed by atoms with Gasteiger partial charge in [0, 0.05) is 5.41 Å². The zero-order valence-corrected chi connectivity index (χ0v) is 15.8. The van der Waals surface area contributed by atoms with Gasteiger partial charge in [0.1, 0.15) is 0 Å². The summed E-state index contributed by atoms with van der Waals surface area (Å²) in [4.78, 5) is 17.7. The van der Waals surface area contributed by atoms with Gasteiger partial charge in [0.2, 0.25) is 0 Å². The average molecular weight is 345 g/mol. The highest BCUT2D eigenvalue weighted by molar-refractivity contribution is 7.14. The Labute approximate surface area is 147 Å². The number of carbonyl (C=O) groups is 1. The molecule has 0 atom stereocenters. The van der Waals surface area contributed by atoms with E-state index in [9.17, 15) is 4.79 Å². The minimum atomic E-state index is -0.0545. The summed E-state index contributed by atoms with van der Waals surface area (Å²) in [6.45, 7) is 8.17. The fourth-order valence-corrected chi connectivity index (χ4v) is 3.19. The molecule has 0 saturated heterocycles. The molecule has 0 fully saturated rings. The van der Waals surface area contributed by atoms with Gasteiger partial charge in [-0.1, -0.05) is 32.9 Å². The molecule has 0 amide bonds. The largest absolute Gasteiger partial charge is 0.493 e. The van der Waals surface area contributed by atoms with E-state index in [2.05, 4.69) is 25.8 Å². The van der Waals surface area contributed by atoms with Crippen LogP contribution in [0.15, 0.2) is 24.3 Å². The van der Waals surface area contributed by atoms with Gasteiger partial charge in [-0.3, -0.25) is 4.79 Å². The lowest BCUT2D eigenvalue weighted by Gasteiger charge is -2.13. The van der Waals surface area contributed by atoms with Crippen LogP contribution in [0.1, 0.15) is 46.7 Å². The number of aromatic nitrogens is 1. The molecule has 0 radical (unpaired) electrons. The number of thiazole rings is 1. The monoisotopic (exact) mass is 345 g/mol. The van der Waals surface area contributed by atoms with Gasteiger partial charge in [-0.25, -0.2) is 4.98 Å². The second-order valence-corrected chi connectivity index (χ2v) is 7.49. The van der Waals surface area contributed by atoms with E-state index in [-0.39, 0.29) is 11.2 Å². The van der Waals surface area contributed by atoms with Crippen LogP contribution in [0.3, 0.4) is 0 Å². The molecule has 128 valence electrons. The molecule has 0 aliphatic rings. The zero-order valence-electron chi connectivity index (χ0n) is 15.0. The highest BCUT2D eigenvalue weighted by atomic mass is 32.1. The summed E-state index contributed by atoms with van der Waals surface area (Å²) in [7, 11) is 3.18. The Balaban J connectivity index is 2.24. The van der Waals surface area contributed by atoms with Gasteiger partial charge >= 0.3 is 0 Å². The number of rotatable bonds is 5. The van der Waals surface area contributed by atoms with Gasteiger partial charge in [-0.15, -0.1) is 11.3 Å². The van der Waals surface area contributed by atoms with Gasteiger partial charge in [-0.2, -0.15) is 0 Å². The molecule has 1 aromatic carbocycles. The maximum atomic E-state index is 12.5. The summed E-state index contributed by atoms with van der Waals surface area (Å²) in [6, 6.07) is 5.53. The van der Waals surface area contributed by atoms with E-state index in [1.807, 2.05) is 25.1 Å². The van der Waals surface area contributed by atoms with Crippen LogP contribution in [0.5, 0.6) is 11.5 Å². The molecule has 0 unspecified atom stereocenters. The molecule has 1 heterocycles. The first-order chi connectivity index (χ1) is 11.3. The molecule has 2 rings (SSSR count). The van der Waals surface area contributed by atoms with E-state index in [0.29, 0.717) is 16.4 Å². The van der Waals surface area contributed by atoms with Crippen molar-refractivity contribution in [1.82, 2.24) is 4.98 Å². The van der Waals surface area contributed by atoms with Crippen molar-refractivity contribution in [2.45, 2.75) is 33.1 Å². The van der Waals surface area contributed by atoms with E-state index in [0.717, 1.165) is 16.3 Å². The van der Waals surface area contributed by atoms with Crippen molar-refractivity contribution in [3.05, 3.63) is 45.4 Å². The molecule has 0 saturated carbocycles. The lowest BCUT2D eigenvalue weighted by Crippen LogP contribution is -2.10. The summed E-state index contributed by atoms with van der Waals surface area (Å²) >= 11 is 1.47. The molecule has 0 aliphatic heterocycles. The summed E-state index contributed by atoms with van der Waals surface area (Å²) in [6.07, 6.45) is 3.36. The first kappa shape index (κ1) is 18.2. The van der Waals surface area contributed by atoms with Crippen LogP contribution in [0.2, 0.25) is 0 Å². The van der Waals surface area contributed by atoms with Gasteiger partial charge in [0.15, 0.2) is 17.3 Å². The minimum absolute atomic E-state index is 0.0321. The molecule has 4 nitrogen and oxygen atoms in total. The van der Waals surface area contributed by atoms with Crippen LogP contribution < -0.4 is 9.47 Å². The number of ketones is 1. The van der Waals surface area contributed by atoms with Crippen LogP contribution in [0.4, 0.5) is 0 Å². The summed E-state index contributed by atoms with van der Waals surface area (Å²) < 4.78 is 10.5. The molecular formula is C19H23NO3S. The predicted octanol–water partition coefficient (Wildman–Crippen LogP) is 4.66. The number of hydrogen-bond acceptors (Lipinski definition) is 5. The van der Waals surface area contributed by atoms with Gasteiger partial charge in [0.25, 0.3) is 0 Å². The van der Waals surface area contributed by atoms with Gasteiger partial charge in [-0.05, 0) is 30.7 Å². The average Bonchev–Trinajstić information content (AvgIpc) is 2.94. The number of aryl methyl sites for hydroxylation is 1.